The van der Waals surface area contributed by atoms with E-state index in [9.17, 15) is 8.42 Å². The first-order chi connectivity index (χ1) is 13.6. The van der Waals surface area contributed by atoms with Crippen molar-refractivity contribution < 1.29 is 8.42 Å². The number of nitrogens with one attached hydrogen (secondary N) is 3. The molecule has 2 aromatic rings. The van der Waals surface area contributed by atoms with Crippen LogP contribution in [0.15, 0.2) is 52.5 Å². The highest BCUT2D eigenvalue weighted by Crippen LogP contribution is 2.17. The summed E-state index contributed by atoms with van der Waals surface area (Å²) < 4.78 is 28.2. The van der Waals surface area contributed by atoms with Crippen LogP contribution in [0.4, 0.5) is 0 Å². The Kier molecular flexibility index (Phi) is 10.5. The van der Waals surface area contributed by atoms with Crippen LogP contribution in [-0.2, 0) is 23.0 Å². The zero-order valence-electron chi connectivity index (χ0n) is 17.6. The maximum atomic E-state index is 12.7. The Morgan fingerprint density at radius 3 is 2.43 bits per heavy atom. The zero-order chi connectivity index (χ0) is 21.5. The maximum absolute atomic E-state index is 12.7. The molecule has 0 saturated carbocycles. The van der Waals surface area contributed by atoms with E-state index in [1.807, 2.05) is 32.9 Å². The van der Waals surface area contributed by atoms with E-state index in [-0.39, 0.29) is 28.9 Å². The molecule has 0 spiro atoms. The lowest BCUT2D eigenvalue weighted by molar-refractivity contribution is 0.491. The smallest absolute Gasteiger partial charge is 0.241 e. The Labute approximate surface area is 201 Å². The van der Waals surface area contributed by atoms with Gasteiger partial charge in [0.05, 0.1) is 4.90 Å². The molecule has 0 amide bonds. The van der Waals surface area contributed by atoms with Crippen molar-refractivity contribution in [2.45, 2.75) is 44.2 Å². The number of benzene rings is 1. The Balaban J connectivity index is 0.00000450. The molecule has 1 aromatic heterocycles. The lowest BCUT2D eigenvalue weighted by Crippen LogP contribution is -2.41. The number of nitrogens with zero attached hydrogens (tertiary/aromatic N) is 2. The Morgan fingerprint density at radius 1 is 1.13 bits per heavy atom. The highest BCUT2D eigenvalue weighted by molar-refractivity contribution is 14.0. The molecule has 0 radical (unpaired) electrons. The minimum absolute atomic E-state index is 0. The third-order valence-corrected chi connectivity index (χ3v) is 5.95. The number of hydrogen-bond donors (Lipinski definition) is 3. The molecule has 0 aliphatic carbocycles. The number of pyridine rings is 1. The van der Waals surface area contributed by atoms with Crippen LogP contribution in [0.1, 0.15) is 31.9 Å². The van der Waals surface area contributed by atoms with Crippen LogP contribution in [0.25, 0.3) is 0 Å². The average Bonchev–Trinajstić information content (AvgIpc) is 2.64. The van der Waals surface area contributed by atoms with E-state index in [0.29, 0.717) is 29.8 Å². The van der Waals surface area contributed by atoms with Crippen LogP contribution in [0.3, 0.4) is 0 Å². The van der Waals surface area contributed by atoms with E-state index in [2.05, 4.69) is 25.3 Å². The van der Waals surface area contributed by atoms with Crippen molar-refractivity contribution in [1.82, 2.24) is 20.3 Å². The molecule has 3 N–H and O–H groups in total. The summed E-state index contributed by atoms with van der Waals surface area (Å²) >= 11 is 5.80. The summed E-state index contributed by atoms with van der Waals surface area (Å²) in [6.45, 7) is 6.41. The molecule has 0 aliphatic heterocycles. The second-order valence-corrected chi connectivity index (χ2v) is 9.59. The summed E-state index contributed by atoms with van der Waals surface area (Å²) in [5.74, 6) is 0.586. The molecular weight excluding hydrogens is 537 g/mol. The number of halogens is 2. The molecule has 0 aliphatic rings. The van der Waals surface area contributed by atoms with Gasteiger partial charge in [-0.05, 0) is 50.5 Å². The van der Waals surface area contributed by atoms with Crippen LogP contribution >= 0.6 is 35.6 Å². The van der Waals surface area contributed by atoms with Crippen LogP contribution in [0.2, 0.25) is 5.15 Å². The van der Waals surface area contributed by atoms with Crippen molar-refractivity contribution in [3.63, 3.8) is 0 Å². The van der Waals surface area contributed by atoms with Gasteiger partial charge < -0.3 is 10.6 Å². The van der Waals surface area contributed by atoms with E-state index in [1.165, 1.54) is 0 Å². The number of aromatic nitrogens is 1. The predicted octanol–water partition coefficient (Wildman–Crippen LogP) is 3.34. The fourth-order valence-electron chi connectivity index (χ4n) is 2.65. The topological polar surface area (TPSA) is 95.5 Å². The molecule has 7 nitrogen and oxygen atoms in total. The Bertz CT molecular complexity index is 944. The normalized spacial score (nSPS) is 12.2. The van der Waals surface area contributed by atoms with Gasteiger partial charge in [-0.1, -0.05) is 35.9 Å². The Hall–Kier alpha value is -1.43. The largest absolute Gasteiger partial charge is 0.356 e. The van der Waals surface area contributed by atoms with Crippen molar-refractivity contribution in [3.05, 3.63) is 58.9 Å². The fraction of sp³-hybridized carbons (Fsp3) is 0.400. The monoisotopic (exact) mass is 565 g/mol. The highest BCUT2D eigenvalue weighted by Gasteiger charge is 2.24. The van der Waals surface area contributed by atoms with Crippen LogP contribution in [-0.4, -0.2) is 38.5 Å². The molecule has 1 heterocycles. The van der Waals surface area contributed by atoms with E-state index in [4.69, 9.17) is 11.6 Å². The van der Waals surface area contributed by atoms with Gasteiger partial charge in [-0.3, -0.25) is 4.99 Å². The molecule has 0 fully saturated rings. The van der Waals surface area contributed by atoms with E-state index >= 15 is 0 Å². The third kappa shape index (κ3) is 8.75. The highest BCUT2D eigenvalue weighted by atomic mass is 127. The average molecular weight is 566 g/mol. The van der Waals surface area contributed by atoms with Gasteiger partial charge in [-0.25, -0.2) is 18.1 Å². The third-order valence-electron chi connectivity index (χ3n) is 3.87. The molecular formula is C20H29ClIN5O2S. The minimum atomic E-state index is -3.63. The summed E-state index contributed by atoms with van der Waals surface area (Å²) in [6.07, 6.45) is 2.49. The summed E-state index contributed by atoms with van der Waals surface area (Å²) in [5, 5.41) is 6.85. The molecule has 1 aromatic carbocycles. The number of sulfonamides is 1. The van der Waals surface area contributed by atoms with Crippen LogP contribution in [0, 0.1) is 0 Å². The molecule has 2 rings (SSSR count). The molecule has 166 valence electrons. The summed E-state index contributed by atoms with van der Waals surface area (Å²) in [5.41, 5.74) is 1.16. The molecule has 10 heteroatoms. The van der Waals surface area contributed by atoms with Crippen molar-refractivity contribution in [3.8, 4) is 0 Å². The minimum Gasteiger partial charge on any atom is -0.356 e. The molecule has 0 atom stereocenters. The molecule has 30 heavy (non-hydrogen) atoms. The van der Waals surface area contributed by atoms with Gasteiger partial charge in [0.25, 0.3) is 0 Å². The second-order valence-electron chi connectivity index (χ2n) is 7.55. The number of rotatable bonds is 7. The first-order valence-corrected chi connectivity index (χ1v) is 11.1. The fourth-order valence-corrected chi connectivity index (χ4v) is 4.42. The number of aliphatic imine (C=N–C) groups is 1. The van der Waals surface area contributed by atoms with E-state index in [0.717, 1.165) is 12.0 Å². The van der Waals surface area contributed by atoms with Crippen molar-refractivity contribution in [2.24, 2.45) is 4.99 Å². The second kappa shape index (κ2) is 11.8. The molecule has 0 bridgehead atoms. The molecule has 0 saturated heterocycles. The lowest BCUT2D eigenvalue weighted by atomic mass is 10.1. The van der Waals surface area contributed by atoms with Crippen LogP contribution in [0.5, 0.6) is 0 Å². The quantitative estimate of drug-likeness (QED) is 0.207. The van der Waals surface area contributed by atoms with Gasteiger partial charge in [0.15, 0.2) is 5.96 Å². The van der Waals surface area contributed by atoms with E-state index < -0.39 is 15.6 Å². The predicted molar refractivity (Wildman–Crippen MR) is 133 cm³/mol. The summed E-state index contributed by atoms with van der Waals surface area (Å²) in [7, 11) is -1.96. The standard InChI is InChI=1S/C20H28ClN5O2S.HI/c1-20(2,3)26-29(27,28)17-8-6-5-7-16(17)14-25-19(22-4)23-12-11-15-9-10-18(21)24-13-15;/h5-10,13,26H,11-12,14H2,1-4H3,(H2,22,23,25);1H. The lowest BCUT2D eigenvalue weighted by Gasteiger charge is -2.22. The SMILES string of the molecule is CN=C(NCCc1ccc(Cl)nc1)NCc1ccccc1S(=O)(=O)NC(C)(C)C.I. The van der Waals surface area contributed by atoms with Crippen molar-refractivity contribution in [2.75, 3.05) is 13.6 Å². The summed E-state index contributed by atoms with van der Waals surface area (Å²) in [4.78, 5) is 8.51. The number of guanidine groups is 1. The maximum Gasteiger partial charge on any atom is 0.241 e. The van der Waals surface area contributed by atoms with Gasteiger partial charge >= 0.3 is 0 Å². The van der Waals surface area contributed by atoms with Crippen LogP contribution < -0.4 is 15.4 Å². The van der Waals surface area contributed by atoms with Gasteiger partial charge in [0, 0.05) is 31.9 Å². The van der Waals surface area contributed by atoms with Gasteiger partial charge in [0.2, 0.25) is 10.0 Å². The Morgan fingerprint density at radius 2 is 1.83 bits per heavy atom. The molecule has 0 unspecified atom stereocenters. The zero-order valence-corrected chi connectivity index (χ0v) is 21.5. The number of hydrogen-bond acceptors (Lipinski definition) is 4. The van der Waals surface area contributed by atoms with Gasteiger partial charge in [-0.2, -0.15) is 0 Å². The van der Waals surface area contributed by atoms with E-state index in [1.54, 1.807) is 37.5 Å². The first kappa shape index (κ1) is 26.6. The van der Waals surface area contributed by atoms with Gasteiger partial charge in [0.1, 0.15) is 5.15 Å². The van der Waals surface area contributed by atoms with Crippen molar-refractivity contribution >= 4 is 51.6 Å². The first-order valence-electron chi connectivity index (χ1n) is 9.27. The van der Waals surface area contributed by atoms with Crippen molar-refractivity contribution in [1.29, 1.82) is 0 Å². The van der Waals surface area contributed by atoms with Gasteiger partial charge in [-0.15, -0.1) is 24.0 Å². The summed E-state index contributed by atoms with van der Waals surface area (Å²) in [6, 6.07) is 10.6.